The van der Waals surface area contributed by atoms with Gasteiger partial charge in [-0.25, -0.2) is 19.9 Å². The highest BCUT2D eigenvalue weighted by atomic mass is 32.2. The second-order valence-electron chi connectivity index (χ2n) is 29.7. The average molecular weight is 1420 g/mol. The van der Waals surface area contributed by atoms with E-state index in [1.54, 1.807) is 0 Å². The Morgan fingerprint density at radius 1 is 0.202 bits per heavy atom. The zero-order valence-electron chi connectivity index (χ0n) is 59.7. The monoisotopic (exact) mass is 1420 g/mol. The van der Waals surface area contributed by atoms with Gasteiger partial charge >= 0.3 is 0 Å². The molecule has 0 amide bonds. The summed E-state index contributed by atoms with van der Waals surface area (Å²) in [6.07, 6.45) is 0. The fourth-order valence-electron chi connectivity index (χ4n) is 18.9. The standard InChI is InChI=1S/C103H66N4S2/c1-101(2)84-47-25-40-75(76-41-26-48-85-96(76)77-37-14-17-44-81(77)103(85)83-46-19-21-52-94(83)109-98-72(39-24-50-87(98)103)68-33-22-34-70(59-68)100-105-89(64-27-6-3-7-28-64)61-90(106-100)65-29-8-4-9-30-65)95(84)78-58-57-69(60-88(78)101)92-62-91(66-31-10-5-11-32-66)104-99(107-92)67-55-53-63(54-56-67)71-38-23-49-86-97(71)108-93-51-20-18-45-82(93)102(86)79-42-15-12-35-73(79)74-36-13-16-43-80(74)102/h3-62H,1-2H3. The van der Waals surface area contributed by atoms with E-state index < -0.39 is 10.8 Å². The van der Waals surface area contributed by atoms with Gasteiger partial charge in [0.05, 0.1) is 33.6 Å². The molecule has 1 unspecified atom stereocenters. The molecule has 2 spiro atoms. The number of hydrogen-bond acceptors (Lipinski definition) is 6. The van der Waals surface area contributed by atoms with Gasteiger partial charge in [0.1, 0.15) is 0 Å². The molecule has 2 aliphatic heterocycles. The van der Waals surface area contributed by atoms with Crippen LogP contribution in [-0.4, -0.2) is 19.9 Å². The maximum absolute atomic E-state index is 5.55. The Kier molecular flexibility index (Phi) is 14.3. The summed E-state index contributed by atoms with van der Waals surface area (Å²) < 4.78 is 0. The number of fused-ring (bicyclic) bond motifs is 21. The molecule has 0 bridgehead atoms. The first kappa shape index (κ1) is 63.4. The molecule has 109 heavy (non-hydrogen) atoms. The van der Waals surface area contributed by atoms with Crippen LogP contribution in [0.5, 0.6) is 0 Å². The quantitative estimate of drug-likeness (QED) is 0.144. The summed E-state index contributed by atoms with van der Waals surface area (Å²) in [6.45, 7) is 4.80. The molecule has 0 saturated heterocycles. The number of hydrogen-bond donors (Lipinski definition) is 0. The number of benzene rings is 15. The lowest BCUT2D eigenvalue weighted by molar-refractivity contribution is 0.660. The van der Waals surface area contributed by atoms with Crippen molar-refractivity contribution in [1.82, 2.24) is 19.9 Å². The van der Waals surface area contributed by atoms with Crippen LogP contribution in [0, 0.1) is 0 Å². The summed E-state index contributed by atoms with van der Waals surface area (Å²) in [6, 6.07) is 134. The largest absolute Gasteiger partial charge is 0.228 e. The van der Waals surface area contributed by atoms with Crippen molar-refractivity contribution in [3.63, 3.8) is 0 Å². The number of aromatic nitrogens is 4. The summed E-state index contributed by atoms with van der Waals surface area (Å²) in [5.74, 6) is 1.37. The third-order valence-corrected chi connectivity index (χ3v) is 26.1. The van der Waals surface area contributed by atoms with Crippen molar-refractivity contribution in [2.45, 2.75) is 49.7 Å². The van der Waals surface area contributed by atoms with E-state index in [0.717, 1.165) is 67.3 Å². The Labute approximate surface area is 642 Å². The van der Waals surface area contributed by atoms with Gasteiger partial charge in [0, 0.05) is 58.4 Å². The maximum atomic E-state index is 5.55. The molecule has 0 saturated carbocycles. The van der Waals surface area contributed by atoms with Gasteiger partial charge in [-0.05, 0) is 159 Å². The van der Waals surface area contributed by atoms with Crippen LogP contribution in [0.3, 0.4) is 0 Å². The van der Waals surface area contributed by atoms with Crippen molar-refractivity contribution in [2.75, 3.05) is 0 Å². The van der Waals surface area contributed by atoms with E-state index in [2.05, 4.69) is 366 Å². The summed E-state index contributed by atoms with van der Waals surface area (Å²) in [5, 5.41) is 0. The minimum atomic E-state index is -0.639. The van der Waals surface area contributed by atoms with Crippen LogP contribution >= 0.6 is 23.5 Å². The van der Waals surface area contributed by atoms with E-state index in [4.69, 9.17) is 19.9 Å². The Balaban J connectivity index is 0.644. The van der Waals surface area contributed by atoms with Crippen molar-refractivity contribution in [1.29, 1.82) is 0 Å². The van der Waals surface area contributed by atoms with Gasteiger partial charge in [-0.15, -0.1) is 0 Å². The molecule has 3 aliphatic carbocycles. The smallest absolute Gasteiger partial charge is 0.160 e. The molecule has 5 aliphatic rings. The van der Waals surface area contributed by atoms with Gasteiger partial charge in [-0.3, -0.25) is 0 Å². The van der Waals surface area contributed by atoms with Crippen molar-refractivity contribution in [2.24, 2.45) is 0 Å². The molecule has 510 valence electrons. The highest BCUT2D eigenvalue weighted by Gasteiger charge is 2.53. The normalized spacial score (nSPS) is 15.0. The highest BCUT2D eigenvalue weighted by Crippen LogP contribution is 2.67. The third kappa shape index (κ3) is 9.48. The first-order valence-electron chi connectivity index (χ1n) is 37.5. The first-order valence-corrected chi connectivity index (χ1v) is 39.1. The van der Waals surface area contributed by atoms with Crippen LogP contribution in [0.1, 0.15) is 69.5 Å². The zero-order chi connectivity index (χ0) is 72.1. The van der Waals surface area contributed by atoms with Crippen molar-refractivity contribution < 1.29 is 0 Å². The van der Waals surface area contributed by atoms with E-state index >= 15 is 0 Å². The molecule has 0 fully saturated rings. The molecule has 17 aromatic rings. The van der Waals surface area contributed by atoms with E-state index in [1.807, 2.05) is 35.7 Å². The van der Waals surface area contributed by atoms with E-state index in [9.17, 15) is 0 Å². The van der Waals surface area contributed by atoms with Crippen LogP contribution in [0.15, 0.2) is 384 Å². The van der Waals surface area contributed by atoms with E-state index in [1.165, 1.54) is 131 Å². The topological polar surface area (TPSA) is 51.6 Å². The molecule has 2 aromatic heterocycles. The van der Waals surface area contributed by atoms with Gasteiger partial charge in [0.2, 0.25) is 0 Å². The molecule has 0 N–H and O–H groups in total. The second-order valence-corrected chi connectivity index (χ2v) is 31.8. The molecule has 15 aromatic carbocycles. The molecule has 22 rings (SSSR count). The summed E-state index contributed by atoms with van der Waals surface area (Å²) in [7, 11) is 0. The zero-order valence-corrected chi connectivity index (χ0v) is 61.4. The highest BCUT2D eigenvalue weighted by molar-refractivity contribution is 8.00. The van der Waals surface area contributed by atoms with Crippen LogP contribution in [-0.2, 0) is 16.2 Å². The van der Waals surface area contributed by atoms with Gasteiger partial charge in [-0.1, -0.05) is 365 Å². The fourth-order valence-corrected chi connectivity index (χ4v) is 21.5. The van der Waals surface area contributed by atoms with Crippen molar-refractivity contribution >= 4 is 23.5 Å². The first-order chi connectivity index (χ1) is 53.8. The Morgan fingerprint density at radius 2 is 0.541 bits per heavy atom. The minimum absolute atomic E-state index is 0.351. The summed E-state index contributed by atoms with van der Waals surface area (Å²) in [4.78, 5) is 26.6. The molecular formula is C103H66N4S2. The summed E-state index contributed by atoms with van der Waals surface area (Å²) >= 11 is 3.78. The molecule has 4 nitrogen and oxygen atoms in total. The van der Waals surface area contributed by atoms with Gasteiger partial charge in [0.25, 0.3) is 0 Å². The SMILES string of the molecule is CC1(C)c2cc(-c3cc(-c4ccccc4)nc(-c4ccc(-c5cccc6c5Sc5ccccc5C65c6ccccc6-c6ccccc65)cc4)n3)ccc2-c2c(-c3cccc4c3-c3ccccc3C43c4ccccc4Sc4c(-c5cccc(-c6nc(-c7ccccc7)cc(-c7ccccc7)n6)c5)cccc43)cccc21. The molecule has 0 radical (unpaired) electrons. The lowest BCUT2D eigenvalue weighted by Crippen LogP contribution is -2.32. The predicted octanol–water partition coefficient (Wildman–Crippen LogP) is 26.2. The lowest BCUT2D eigenvalue weighted by Gasteiger charge is -2.40. The molecule has 1 atom stereocenters. The van der Waals surface area contributed by atoms with Gasteiger partial charge in [0.15, 0.2) is 11.6 Å². The number of rotatable bonds is 9. The predicted molar refractivity (Wildman–Crippen MR) is 447 cm³/mol. The van der Waals surface area contributed by atoms with Crippen LogP contribution in [0.25, 0.3) is 135 Å². The van der Waals surface area contributed by atoms with Crippen molar-refractivity contribution in [3.05, 3.63) is 420 Å². The maximum Gasteiger partial charge on any atom is 0.160 e. The van der Waals surface area contributed by atoms with Crippen molar-refractivity contribution in [3.8, 4) is 135 Å². The van der Waals surface area contributed by atoms with E-state index in [0.29, 0.717) is 11.6 Å². The Bertz CT molecular complexity index is 6540. The minimum Gasteiger partial charge on any atom is -0.228 e. The molecule has 6 heteroatoms. The lowest BCUT2D eigenvalue weighted by atomic mass is 9.66. The third-order valence-electron chi connectivity index (χ3n) is 23.7. The molecule has 4 heterocycles. The van der Waals surface area contributed by atoms with Gasteiger partial charge in [-0.2, -0.15) is 0 Å². The average Bonchev–Trinajstić information content (AvgIpc) is 1.54. The Hall–Kier alpha value is -12.8. The van der Waals surface area contributed by atoms with Gasteiger partial charge < -0.3 is 0 Å². The summed E-state index contributed by atoms with van der Waals surface area (Å²) in [5.41, 5.74) is 36.0. The Morgan fingerprint density at radius 3 is 1.08 bits per heavy atom. The van der Waals surface area contributed by atoms with Crippen LogP contribution in [0.2, 0.25) is 0 Å². The second kappa shape index (κ2) is 24.6. The van der Waals surface area contributed by atoms with Crippen LogP contribution < -0.4 is 0 Å². The van der Waals surface area contributed by atoms with Crippen LogP contribution in [0.4, 0.5) is 0 Å². The number of nitrogens with zero attached hydrogens (tertiary/aromatic N) is 4. The van der Waals surface area contributed by atoms with E-state index in [-0.39, 0.29) is 5.41 Å². The molecular weight excluding hydrogens is 1360 g/mol. The fraction of sp³-hybridized carbons (Fsp3) is 0.0485.